The van der Waals surface area contributed by atoms with Gasteiger partial charge in [0.05, 0.1) is 17.6 Å². The molecular weight excluding hydrogens is 262 g/mol. The van der Waals surface area contributed by atoms with Crippen molar-refractivity contribution < 1.29 is 4.79 Å². The molecule has 1 heterocycles. The van der Waals surface area contributed by atoms with Crippen molar-refractivity contribution in [3.05, 3.63) is 30.0 Å². The molecule has 1 aliphatic rings. The SMILES string of the molecule is CCn1nc(CC(=O)C2CCCC2CN)c2ccccc21. The van der Waals surface area contributed by atoms with Gasteiger partial charge in [-0.2, -0.15) is 5.10 Å². The summed E-state index contributed by atoms with van der Waals surface area (Å²) in [6.45, 7) is 3.52. The van der Waals surface area contributed by atoms with Crippen LogP contribution in [-0.2, 0) is 17.8 Å². The largest absolute Gasteiger partial charge is 0.330 e. The molecule has 0 aliphatic heterocycles. The van der Waals surface area contributed by atoms with E-state index in [1.165, 1.54) is 0 Å². The van der Waals surface area contributed by atoms with Crippen molar-refractivity contribution in [3.63, 3.8) is 0 Å². The highest BCUT2D eigenvalue weighted by atomic mass is 16.1. The van der Waals surface area contributed by atoms with Crippen molar-refractivity contribution in [1.29, 1.82) is 0 Å². The molecule has 112 valence electrons. The molecule has 0 saturated heterocycles. The predicted molar refractivity (Wildman–Crippen MR) is 84.0 cm³/mol. The van der Waals surface area contributed by atoms with Gasteiger partial charge in [0.2, 0.25) is 0 Å². The van der Waals surface area contributed by atoms with E-state index in [0.29, 0.717) is 24.7 Å². The van der Waals surface area contributed by atoms with Crippen molar-refractivity contribution in [3.8, 4) is 0 Å². The minimum absolute atomic E-state index is 0.139. The number of ketones is 1. The molecule has 1 aliphatic carbocycles. The Morgan fingerprint density at radius 1 is 1.38 bits per heavy atom. The monoisotopic (exact) mass is 285 g/mol. The third kappa shape index (κ3) is 2.60. The van der Waals surface area contributed by atoms with Crippen molar-refractivity contribution >= 4 is 16.7 Å². The number of fused-ring (bicyclic) bond motifs is 1. The number of para-hydroxylation sites is 1. The number of Topliss-reactive ketones (excluding diaryl/α,β-unsaturated/α-hetero) is 1. The van der Waals surface area contributed by atoms with Gasteiger partial charge in [-0.15, -0.1) is 0 Å². The Morgan fingerprint density at radius 3 is 2.95 bits per heavy atom. The fraction of sp³-hybridized carbons (Fsp3) is 0.529. The summed E-state index contributed by atoms with van der Waals surface area (Å²) in [6.07, 6.45) is 3.65. The molecular formula is C17H23N3O. The fourth-order valence-corrected chi connectivity index (χ4v) is 3.61. The first kappa shape index (κ1) is 14.3. The Balaban J connectivity index is 1.86. The zero-order chi connectivity index (χ0) is 14.8. The Labute approximate surface area is 125 Å². The molecule has 4 nitrogen and oxygen atoms in total. The molecule has 21 heavy (non-hydrogen) atoms. The van der Waals surface area contributed by atoms with E-state index >= 15 is 0 Å². The van der Waals surface area contributed by atoms with Gasteiger partial charge in [0, 0.05) is 17.8 Å². The highest BCUT2D eigenvalue weighted by molar-refractivity contribution is 5.89. The number of benzene rings is 1. The Hall–Kier alpha value is -1.68. The third-order valence-corrected chi connectivity index (χ3v) is 4.75. The van der Waals surface area contributed by atoms with Gasteiger partial charge in [0.15, 0.2) is 0 Å². The van der Waals surface area contributed by atoms with Gasteiger partial charge in [0.1, 0.15) is 5.78 Å². The molecule has 0 radical (unpaired) electrons. The number of carbonyl (C=O) groups excluding carboxylic acids is 1. The van der Waals surface area contributed by atoms with E-state index in [1.54, 1.807) is 0 Å². The average Bonchev–Trinajstić information content (AvgIpc) is 3.12. The van der Waals surface area contributed by atoms with Crippen molar-refractivity contribution in [2.24, 2.45) is 17.6 Å². The Kier molecular flexibility index (Phi) is 4.06. The molecule has 1 aromatic carbocycles. The van der Waals surface area contributed by atoms with Crippen LogP contribution < -0.4 is 5.73 Å². The van der Waals surface area contributed by atoms with E-state index < -0.39 is 0 Å². The van der Waals surface area contributed by atoms with Crippen LogP contribution in [0.25, 0.3) is 10.9 Å². The van der Waals surface area contributed by atoms with Crippen LogP contribution in [-0.4, -0.2) is 22.1 Å². The lowest BCUT2D eigenvalue weighted by Gasteiger charge is -2.15. The first-order chi connectivity index (χ1) is 10.2. The lowest BCUT2D eigenvalue weighted by atomic mass is 9.89. The second-order valence-corrected chi connectivity index (χ2v) is 5.96. The number of nitrogens with zero attached hydrogens (tertiary/aromatic N) is 2. The summed E-state index contributed by atoms with van der Waals surface area (Å²) in [4.78, 5) is 12.6. The number of hydrogen-bond donors (Lipinski definition) is 1. The Morgan fingerprint density at radius 2 is 2.19 bits per heavy atom. The molecule has 0 spiro atoms. The summed E-state index contributed by atoms with van der Waals surface area (Å²) in [5.41, 5.74) is 7.83. The average molecular weight is 285 g/mol. The van der Waals surface area contributed by atoms with Crippen LogP contribution in [0.3, 0.4) is 0 Å². The van der Waals surface area contributed by atoms with E-state index in [4.69, 9.17) is 5.73 Å². The van der Waals surface area contributed by atoms with Crippen LogP contribution in [0.1, 0.15) is 31.9 Å². The van der Waals surface area contributed by atoms with Crippen LogP contribution in [0.15, 0.2) is 24.3 Å². The van der Waals surface area contributed by atoms with Crippen LogP contribution in [0.5, 0.6) is 0 Å². The third-order valence-electron chi connectivity index (χ3n) is 4.75. The molecule has 1 fully saturated rings. The number of carbonyl (C=O) groups is 1. The van der Waals surface area contributed by atoms with Crippen LogP contribution in [0, 0.1) is 11.8 Å². The van der Waals surface area contributed by atoms with E-state index in [1.807, 2.05) is 16.8 Å². The van der Waals surface area contributed by atoms with Gasteiger partial charge in [-0.05, 0) is 38.3 Å². The van der Waals surface area contributed by atoms with Crippen LogP contribution in [0.2, 0.25) is 0 Å². The molecule has 2 N–H and O–H groups in total. The maximum Gasteiger partial charge on any atom is 0.142 e. The van der Waals surface area contributed by atoms with Gasteiger partial charge in [-0.3, -0.25) is 9.48 Å². The molecule has 3 rings (SSSR count). The summed E-state index contributed by atoms with van der Waals surface area (Å²) in [5.74, 6) is 0.826. The van der Waals surface area contributed by atoms with Crippen LogP contribution >= 0.6 is 0 Å². The summed E-state index contributed by atoms with van der Waals surface area (Å²) >= 11 is 0. The van der Waals surface area contributed by atoms with Gasteiger partial charge in [-0.25, -0.2) is 0 Å². The van der Waals surface area contributed by atoms with Gasteiger partial charge in [-0.1, -0.05) is 24.6 Å². The molecule has 2 aromatic rings. The standard InChI is InChI=1S/C17H23N3O/c1-2-20-16-9-4-3-7-14(16)15(19-20)10-17(21)13-8-5-6-12(13)11-18/h3-4,7,9,12-13H,2,5-6,8,10-11,18H2,1H3. The van der Waals surface area contributed by atoms with Crippen molar-refractivity contribution in [2.75, 3.05) is 6.54 Å². The Bertz CT molecular complexity index is 647. The number of aromatic nitrogens is 2. The molecule has 4 heteroatoms. The maximum absolute atomic E-state index is 12.6. The van der Waals surface area contributed by atoms with Crippen molar-refractivity contribution in [1.82, 2.24) is 9.78 Å². The summed E-state index contributed by atoms with van der Waals surface area (Å²) in [6, 6.07) is 8.16. The predicted octanol–water partition coefficient (Wildman–Crippen LogP) is 2.54. The number of aryl methyl sites for hydroxylation is 1. The van der Waals surface area contributed by atoms with Gasteiger partial charge in [0.25, 0.3) is 0 Å². The number of nitrogens with two attached hydrogens (primary N) is 1. The van der Waals surface area contributed by atoms with Gasteiger partial charge < -0.3 is 5.73 Å². The number of hydrogen-bond acceptors (Lipinski definition) is 3. The first-order valence-corrected chi connectivity index (χ1v) is 7.91. The smallest absolute Gasteiger partial charge is 0.142 e. The minimum Gasteiger partial charge on any atom is -0.330 e. The van der Waals surface area contributed by atoms with Crippen LogP contribution in [0.4, 0.5) is 0 Å². The summed E-state index contributed by atoms with van der Waals surface area (Å²) in [5, 5.41) is 5.74. The topological polar surface area (TPSA) is 60.9 Å². The van der Waals surface area contributed by atoms with E-state index in [9.17, 15) is 4.79 Å². The minimum atomic E-state index is 0.139. The van der Waals surface area contributed by atoms with E-state index in [2.05, 4.69) is 24.2 Å². The van der Waals surface area contributed by atoms with Crippen molar-refractivity contribution in [2.45, 2.75) is 39.2 Å². The molecule has 1 aromatic heterocycles. The molecule has 2 atom stereocenters. The lowest BCUT2D eigenvalue weighted by molar-refractivity contribution is -0.123. The fourth-order valence-electron chi connectivity index (χ4n) is 3.61. The maximum atomic E-state index is 12.6. The zero-order valence-electron chi connectivity index (χ0n) is 12.6. The van der Waals surface area contributed by atoms with Gasteiger partial charge >= 0.3 is 0 Å². The highest BCUT2D eigenvalue weighted by Crippen LogP contribution is 2.32. The summed E-state index contributed by atoms with van der Waals surface area (Å²) < 4.78 is 1.98. The summed E-state index contributed by atoms with van der Waals surface area (Å²) in [7, 11) is 0. The zero-order valence-corrected chi connectivity index (χ0v) is 12.6. The van der Waals surface area contributed by atoms with E-state index in [0.717, 1.165) is 42.4 Å². The number of rotatable bonds is 5. The second-order valence-electron chi connectivity index (χ2n) is 5.96. The quantitative estimate of drug-likeness (QED) is 0.918. The first-order valence-electron chi connectivity index (χ1n) is 7.91. The normalized spacial score (nSPS) is 22.0. The second kappa shape index (κ2) is 5.98. The molecule has 0 amide bonds. The highest BCUT2D eigenvalue weighted by Gasteiger charge is 2.32. The molecule has 1 saturated carbocycles. The molecule has 2 unspecified atom stereocenters. The molecule has 0 bridgehead atoms. The van der Waals surface area contributed by atoms with E-state index in [-0.39, 0.29) is 5.92 Å². The lowest BCUT2D eigenvalue weighted by Crippen LogP contribution is -2.26.